The van der Waals surface area contributed by atoms with Crippen molar-refractivity contribution in [2.24, 2.45) is 5.16 Å². The van der Waals surface area contributed by atoms with Gasteiger partial charge in [-0.05, 0) is 80.4 Å². The normalized spacial score (nSPS) is 11.9. The number of benzene rings is 3. The lowest BCUT2D eigenvalue weighted by Gasteiger charge is -2.05. The molecular formula is C27H26N2O4. The van der Waals surface area contributed by atoms with Crippen LogP contribution in [0.25, 0.3) is 21.8 Å². The zero-order chi connectivity index (χ0) is 23.5. The van der Waals surface area contributed by atoms with E-state index in [1.807, 2.05) is 31.2 Å². The molecule has 0 spiro atoms. The van der Waals surface area contributed by atoms with Gasteiger partial charge in [0.05, 0.1) is 0 Å². The lowest BCUT2D eigenvalue weighted by atomic mass is 9.99. The van der Waals surface area contributed by atoms with Crippen molar-refractivity contribution in [3.8, 4) is 5.75 Å². The van der Waals surface area contributed by atoms with Crippen molar-refractivity contribution in [3.63, 3.8) is 0 Å². The molecule has 3 aromatic carbocycles. The number of aromatic hydroxyl groups is 1. The number of phenols is 1. The average molecular weight is 443 g/mol. The number of hydrogen-bond acceptors (Lipinski definition) is 5. The van der Waals surface area contributed by atoms with E-state index >= 15 is 0 Å². The van der Waals surface area contributed by atoms with Crippen LogP contribution in [0.2, 0.25) is 0 Å². The zero-order valence-electron chi connectivity index (χ0n) is 18.7. The molecule has 1 heterocycles. The number of oxime groups is 1. The van der Waals surface area contributed by atoms with Crippen molar-refractivity contribution >= 4 is 39.1 Å². The van der Waals surface area contributed by atoms with Crippen molar-refractivity contribution < 1.29 is 19.9 Å². The van der Waals surface area contributed by atoms with E-state index in [9.17, 15) is 19.9 Å². The standard InChI is InChI=1S/C27H26N2O4/c1-3-5-6-23(28-33)27(32)19-10-14-25-22(16-19)21-15-18(9-13-24(21)29(25)4-2)26(31)17-7-11-20(30)12-8-17/h7-16,30,33H,3-6H2,1-2H3/b28-23+. The highest BCUT2D eigenvalue weighted by Gasteiger charge is 2.19. The molecule has 0 aliphatic carbocycles. The molecule has 0 atom stereocenters. The van der Waals surface area contributed by atoms with Gasteiger partial charge in [0.25, 0.3) is 0 Å². The molecule has 0 aliphatic rings. The number of fused-ring (bicyclic) bond motifs is 3. The van der Waals surface area contributed by atoms with Crippen molar-refractivity contribution in [2.45, 2.75) is 39.7 Å². The summed E-state index contributed by atoms with van der Waals surface area (Å²) in [6, 6.07) is 17.2. The fraction of sp³-hybridized carbons (Fsp3) is 0.222. The van der Waals surface area contributed by atoms with Gasteiger partial charge in [-0.1, -0.05) is 18.5 Å². The molecule has 0 saturated heterocycles. The van der Waals surface area contributed by atoms with Gasteiger partial charge in [0.15, 0.2) is 5.78 Å². The Labute approximate surface area is 191 Å². The van der Waals surface area contributed by atoms with Gasteiger partial charge in [0, 0.05) is 45.0 Å². The Morgan fingerprint density at radius 1 is 0.848 bits per heavy atom. The van der Waals surface area contributed by atoms with Crippen LogP contribution in [0.15, 0.2) is 65.8 Å². The number of hydrogen-bond donors (Lipinski definition) is 2. The summed E-state index contributed by atoms with van der Waals surface area (Å²) in [5.41, 5.74) is 3.56. The second kappa shape index (κ2) is 9.28. The molecule has 0 amide bonds. The van der Waals surface area contributed by atoms with E-state index in [4.69, 9.17) is 0 Å². The van der Waals surface area contributed by atoms with E-state index < -0.39 is 0 Å². The van der Waals surface area contributed by atoms with Crippen LogP contribution in [0.4, 0.5) is 0 Å². The van der Waals surface area contributed by atoms with E-state index in [2.05, 4.69) is 16.6 Å². The number of ketones is 2. The predicted molar refractivity (Wildman–Crippen MR) is 130 cm³/mol. The minimum atomic E-state index is -0.290. The number of unbranched alkanes of at least 4 members (excludes halogenated alkanes) is 1. The third-order valence-corrected chi connectivity index (χ3v) is 5.98. The van der Waals surface area contributed by atoms with Crippen molar-refractivity contribution in [1.82, 2.24) is 4.57 Å². The summed E-state index contributed by atoms with van der Waals surface area (Å²) in [5, 5.41) is 23.8. The molecule has 4 rings (SSSR count). The Morgan fingerprint density at radius 3 is 2.00 bits per heavy atom. The maximum Gasteiger partial charge on any atom is 0.210 e. The number of phenolic OH excluding ortho intramolecular Hbond substituents is 1. The number of rotatable bonds is 8. The Morgan fingerprint density at radius 2 is 1.42 bits per heavy atom. The fourth-order valence-electron chi connectivity index (χ4n) is 4.23. The highest BCUT2D eigenvalue weighted by molar-refractivity contribution is 6.46. The van der Waals surface area contributed by atoms with Gasteiger partial charge >= 0.3 is 0 Å². The first kappa shape index (κ1) is 22.3. The Balaban J connectivity index is 1.83. The van der Waals surface area contributed by atoms with Gasteiger partial charge in [-0.3, -0.25) is 9.59 Å². The van der Waals surface area contributed by atoms with Gasteiger partial charge in [-0.2, -0.15) is 0 Å². The van der Waals surface area contributed by atoms with E-state index in [0.717, 1.165) is 41.2 Å². The second-order valence-electron chi connectivity index (χ2n) is 8.06. The first-order chi connectivity index (χ1) is 16.0. The number of aryl methyl sites for hydroxylation is 1. The summed E-state index contributed by atoms with van der Waals surface area (Å²) in [5.74, 6) is -0.327. The van der Waals surface area contributed by atoms with E-state index in [-0.39, 0.29) is 23.0 Å². The molecule has 6 heteroatoms. The number of carbonyl (C=O) groups is 2. The highest BCUT2D eigenvalue weighted by atomic mass is 16.4. The zero-order valence-corrected chi connectivity index (χ0v) is 18.7. The molecule has 0 radical (unpaired) electrons. The Kier molecular flexibility index (Phi) is 6.27. The van der Waals surface area contributed by atoms with Crippen molar-refractivity contribution in [2.75, 3.05) is 0 Å². The van der Waals surface area contributed by atoms with Crippen molar-refractivity contribution in [1.29, 1.82) is 0 Å². The SMILES string of the molecule is CCCC/C(=N\O)C(=O)c1ccc2c(c1)c1cc(C(=O)c3ccc(O)cc3)ccc1n2CC. The summed E-state index contributed by atoms with van der Waals surface area (Å²) in [6.45, 7) is 4.80. The number of aromatic nitrogens is 1. The van der Waals surface area contributed by atoms with Gasteiger partial charge in [-0.25, -0.2) is 0 Å². The molecule has 6 nitrogen and oxygen atoms in total. The molecular weight excluding hydrogens is 416 g/mol. The summed E-state index contributed by atoms with van der Waals surface area (Å²) in [7, 11) is 0. The third-order valence-electron chi connectivity index (χ3n) is 5.98. The van der Waals surface area contributed by atoms with Crippen molar-refractivity contribution in [3.05, 3.63) is 77.4 Å². The fourth-order valence-corrected chi connectivity index (χ4v) is 4.23. The molecule has 33 heavy (non-hydrogen) atoms. The summed E-state index contributed by atoms with van der Waals surface area (Å²) >= 11 is 0. The monoisotopic (exact) mass is 442 g/mol. The second-order valence-corrected chi connectivity index (χ2v) is 8.06. The van der Waals surface area contributed by atoms with Crippen LogP contribution in [0.5, 0.6) is 5.75 Å². The summed E-state index contributed by atoms with van der Waals surface area (Å²) in [6.07, 6.45) is 2.09. The quantitative estimate of drug-likeness (QED) is 0.153. The lowest BCUT2D eigenvalue weighted by molar-refractivity contribution is 0.103. The van der Waals surface area contributed by atoms with E-state index in [1.54, 1.807) is 24.3 Å². The average Bonchev–Trinajstić information content (AvgIpc) is 3.16. The van der Waals surface area contributed by atoms with Crippen LogP contribution in [-0.4, -0.2) is 32.2 Å². The number of carbonyl (C=O) groups excluding carboxylic acids is 2. The third kappa shape index (κ3) is 4.12. The van der Waals surface area contributed by atoms with Crippen LogP contribution >= 0.6 is 0 Å². The van der Waals surface area contributed by atoms with Crippen LogP contribution in [0, 0.1) is 0 Å². The molecule has 4 aromatic rings. The minimum absolute atomic E-state index is 0.106. The topological polar surface area (TPSA) is 91.9 Å². The van der Waals surface area contributed by atoms with Crippen LogP contribution in [0.3, 0.4) is 0 Å². The van der Waals surface area contributed by atoms with Crippen LogP contribution < -0.4 is 0 Å². The van der Waals surface area contributed by atoms with Gasteiger partial charge in [0.2, 0.25) is 5.78 Å². The molecule has 0 saturated carbocycles. The largest absolute Gasteiger partial charge is 0.508 e. The molecule has 0 fully saturated rings. The summed E-state index contributed by atoms with van der Waals surface area (Å²) < 4.78 is 2.14. The molecule has 2 N–H and O–H groups in total. The molecule has 168 valence electrons. The maximum atomic E-state index is 13.0. The van der Waals surface area contributed by atoms with E-state index in [1.165, 1.54) is 12.1 Å². The number of nitrogens with zero attached hydrogens (tertiary/aromatic N) is 2. The van der Waals surface area contributed by atoms with Gasteiger partial charge < -0.3 is 14.9 Å². The van der Waals surface area contributed by atoms with Crippen LogP contribution in [-0.2, 0) is 6.54 Å². The van der Waals surface area contributed by atoms with E-state index in [0.29, 0.717) is 23.1 Å². The highest BCUT2D eigenvalue weighted by Crippen LogP contribution is 2.31. The van der Waals surface area contributed by atoms with Crippen LogP contribution in [0.1, 0.15) is 59.4 Å². The molecule has 0 unspecified atom stereocenters. The lowest BCUT2D eigenvalue weighted by Crippen LogP contribution is -2.14. The molecule has 0 aliphatic heterocycles. The summed E-state index contributed by atoms with van der Waals surface area (Å²) in [4.78, 5) is 26.0. The van der Waals surface area contributed by atoms with Gasteiger partial charge in [-0.15, -0.1) is 0 Å². The predicted octanol–water partition coefficient (Wildman–Crippen LogP) is 5.95. The molecule has 1 aromatic heterocycles. The minimum Gasteiger partial charge on any atom is -0.508 e. The Bertz CT molecular complexity index is 1380. The first-order valence-corrected chi connectivity index (χ1v) is 11.1. The smallest absolute Gasteiger partial charge is 0.210 e. The van der Waals surface area contributed by atoms with Gasteiger partial charge in [0.1, 0.15) is 11.5 Å². The maximum absolute atomic E-state index is 13.0. The first-order valence-electron chi connectivity index (χ1n) is 11.1. The Hall–Kier alpha value is -3.93. The number of Topliss-reactive ketones (excluding diaryl/α,β-unsaturated/α-hetero) is 1. The molecule has 0 bridgehead atoms.